The number of esters is 1. The van der Waals surface area contributed by atoms with E-state index in [4.69, 9.17) is 14.5 Å². The Labute approximate surface area is 237 Å². The molecule has 2 aliphatic rings. The maximum Gasteiger partial charge on any atom is 0.358 e. The second-order valence-electron chi connectivity index (χ2n) is 9.39. The van der Waals surface area contributed by atoms with Gasteiger partial charge in [-0.3, -0.25) is 4.99 Å². The minimum Gasteiger partial charge on any atom is -0.493 e. The lowest BCUT2D eigenvalue weighted by atomic mass is 9.85. The molecule has 3 aromatic rings. The number of amidine groups is 1. The van der Waals surface area contributed by atoms with Crippen LogP contribution in [0.4, 0.5) is 14.7 Å². The van der Waals surface area contributed by atoms with Gasteiger partial charge < -0.3 is 24.8 Å². The Bertz CT molecular complexity index is 1550. The third-order valence-electron chi connectivity index (χ3n) is 7.14. The highest BCUT2D eigenvalue weighted by Gasteiger charge is 2.38. The van der Waals surface area contributed by atoms with Crippen LogP contribution in [0.3, 0.4) is 0 Å². The zero-order valence-electron chi connectivity index (χ0n) is 22.4. The minimum absolute atomic E-state index is 0.0422. The van der Waals surface area contributed by atoms with Crippen molar-refractivity contribution in [1.29, 1.82) is 0 Å². The highest BCUT2D eigenvalue weighted by molar-refractivity contribution is 7.11. The van der Waals surface area contributed by atoms with E-state index in [0.717, 1.165) is 6.07 Å². The molecule has 5 rings (SSSR count). The van der Waals surface area contributed by atoms with Crippen LogP contribution < -0.4 is 15.0 Å². The molecule has 0 amide bonds. The monoisotopic (exact) mass is 584 g/mol. The van der Waals surface area contributed by atoms with Crippen molar-refractivity contribution in [3.8, 4) is 5.75 Å². The fourth-order valence-corrected chi connectivity index (χ4v) is 5.63. The molecule has 214 valence electrons. The summed E-state index contributed by atoms with van der Waals surface area (Å²) in [6, 6.07) is 1.48. The number of carboxylic acid groups (broad SMARTS) is 1. The number of hydrogen-bond donors (Lipinski definition) is 2. The summed E-state index contributed by atoms with van der Waals surface area (Å²) in [5, 5.41) is 15.2. The zero-order chi connectivity index (χ0) is 29.3. The SMILES string of the molecule is COC(=O)C1=C(C2CCN(c3ncc(OC)c(C(=O)O)n3)CC2)NC(c2nccs2)=NC1c1ccc(F)c(F)c1C. The Morgan fingerprint density at radius 2 is 1.93 bits per heavy atom. The van der Waals surface area contributed by atoms with Crippen LogP contribution in [-0.2, 0) is 9.53 Å². The van der Waals surface area contributed by atoms with Crippen LogP contribution >= 0.6 is 11.3 Å². The molecule has 0 bridgehead atoms. The molecule has 2 aromatic heterocycles. The van der Waals surface area contributed by atoms with Crippen LogP contribution in [0.5, 0.6) is 5.75 Å². The van der Waals surface area contributed by atoms with E-state index in [1.807, 2.05) is 4.90 Å². The lowest BCUT2D eigenvalue weighted by Crippen LogP contribution is -2.42. The summed E-state index contributed by atoms with van der Waals surface area (Å²) >= 11 is 1.34. The van der Waals surface area contributed by atoms with E-state index in [0.29, 0.717) is 48.0 Å². The molecule has 1 fully saturated rings. The largest absolute Gasteiger partial charge is 0.493 e. The number of hydrogen-bond acceptors (Lipinski definition) is 11. The first-order valence-electron chi connectivity index (χ1n) is 12.6. The number of thiazole rings is 1. The number of carboxylic acids is 1. The van der Waals surface area contributed by atoms with Gasteiger partial charge in [-0.25, -0.2) is 33.3 Å². The van der Waals surface area contributed by atoms with Crippen molar-refractivity contribution in [2.45, 2.75) is 25.8 Å². The van der Waals surface area contributed by atoms with Crippen molar-refractivity contribution in [2.24, 2.45) is 10.9 Å². The Hall–Kier alpha value is -4.46. The summed E-state index contributed by atoms with van der Waals surface area (Å²) in [4.78, 5) is 44.3. The van der Waals surface area contributed by atoms with Gasteiger partial charge in [0.25, 0.3) is 0 Å². The van der Waals surface area contributed by atoms with Gasteiger partial charge in [0.2, 0.25) is 5.95 Å². The number of carbonyl (C=O) groups excluding carboxylic acids is 1. The molecule has 11 nitrogen and oxygen atoms in total. The van der Waals surface area contributed by atoms with E-state index < -0.39 is 29.6 Å². The van der Waals surface area contributed by atoms with Gasteiger partial charge in [-0.2, -0.15) is 0 Å². The van der Waals surface area contributed by atoms with Gasteiger partial charge in [0.1, 0.15) is 6.04 Å². The maximum atomic E-state index is 14.7. The summed E-state index contributed by atoms with van der Waals surface area (Å²) in [6.45, 7) is 2.35. The normalized spacial score (nSPS) is 17.6. The molecule has 14 heteroatoms. The van der Waals surface area contributed by atoms with E-state index in [-0.39, 0.29) is 34.4 Å². The lowest BCUT2D eigenvalue weighted by molar-refractivity contribution is -0.136. The Morgan fingerprint density at radius 3 is 2.56 bits per heavy atom. The smallest absolute Gasteiger partial charge is 0.358 e. The summed E-state index contributed by atoms with van der Waals surface area (Å²) < 4.78 is 38.9. The zero-order valence-corrected chi connectivity index (χ0v) is 23.2. The van der Waals surface area contributed by atoms with Crippen LogP contribution in [0.25, 0.3) is 0 Å². The predicted molar refractivity (Wildman–Crippen MR) is 145 cm³/mol. The van der Waals surface area contributed by atoms with E-state index in [2.05, 4.69) is 20.3 Å². The lowest BCUT2D eigenvalue weighted by Gasteiger charge is -2.36. The first kappa shape index (κ1) is 28.1. The van der Waals surface area contributed by atoms with Crippen LogP contribution in [0.1, 0.15) is 45.5 Å². The van der Waals surface area contributed by atoms with Gasteiger partial charge >= 0.3 is 11.9 Å². The quantitative estimate of drug-likeness (QED) is 0.396. The van der Waals surface area contributed by atoms with Gasteiger partial charge in [-0.15, -0.1) is 11.3 Å². The van der Waals surface area contributed by atoms with Gasteiger partial charge in [-0.05, 0) is 37.0 Å². The number of allylic oxidation sites excluding steroid dienone is 1. The molecule has 0 radical (unpaired) electrons. The number of aliphatic imine (C=N–C) groups is 1. The predicted octanol–water partition coefficient (Wildman–Crippen LogP) is 3.66. The van der Waals surface area contributed by atoms with Crippen molar-refractivity contribution in [2.75, 3.05) is 32.2 Å². The summed E-state index contributed by atoms with van der Waals surface area (Å²) in [6.07, 6.45) is 4.02. The first-order valence-corrected chi connectivity index (χ1v) is 13.5. The first-order chi connectivity index (χ1) is 19.7. The van der Waals surface area contributed by atoms with Crippen molar-refractivity contribution in [1.82, 2.24) is 20.3 Å². The number of aromatic nitrogens is 3. The van der Waals surface area contributed by atoms with Crippen LogP contribution in [0.15, 0.2) is 46.2 Å². The molecule has 1 aromatic carbocycles. The highest BCUT2D eigenvalue weighted by Crippen LogP contribution is 2.39. The Morgan fingerprint density at radius 1 is 1.17 bits per heavy atom. The second kappa shape index (κ2) is 11.6. The van der Waals surface area contributed by atoms with Crippen molar-refractivity contribution >= 4 is 35.1 Å². The molecule has 4 heterocycles. The molecule has 0 saturated carbocycles. The highest BCUT2D eigenvalue weighted by atomic mass is 32.1. The number of ether oxygens (including phenoxy) is 2. The number of aromatic carboxylic acids is 1. The Balaban J connectivity index is 1.52. The number of anilines is 1. The number of rotatable bonds is 7. The van der Waals surface area contributed by atoms with Crippen molar-refractivity contribution < 1.29 is 33.0 Å². The molecule has 2 aliphatic heterocycles. The third-order valence-corrected chi connectivity index (χ3v) is 7.92. The van der Waals surface area contributed by atoms with Gasteiger partial charge in [0.15, 0.2) is 33.9 Å². The average molecular weight is 585 g/mol. The van der Waals surface area contributed by atoms with Crippen LogP contribution in [0.2, 0.25) is 0 Å². The molecule has 2 N–H and O–H groups in total. The van der Waals surface area contributed by atoms with Gasteiger partial charge in [-0.1, -0.05) is 6.07 Å². The van der Waals surface area contributed by atoms with Crippen molar-refractivity contribution in [3.63, 3.8) is 0 Å². The van der Waals surface area contributed by atoms with E-state index >= 15 is 0 Å². The molecule has 1 saturated heterocycles. The van der Waals surface area contributed by atoms with E-state index in [1.165, 1.54) is 44.7 Å². The van der Waals surface area contributed by atoms with Crippen LogP contribution in [0, 0.1) is 24.5 Å². The van der Waals surface area contributed by atoms with E-state index in [9.17, 15) is 23.5 Å². The molecule has 0 spiro atoms. The molecule has 1 atom stereocenters. The number of methoxy groups -OCH3 is 2. The third kappa shape index (κ3) is 5.34. The second-order valence-corrected chi connectivity index (χ2v) is 10.3. The maximum absolute atomic E-state index is 14.7. The summed E-state index contributed by atoms with van der Waals surface area (Å²) in [7, 11) is 2.60. The number of halogens is 2. The van der Waals surface area contributed by atoms with Crippen molar-refractivity contribution in [3.05, 3.63) is 74.6 Å². The minimum atomic E-state index is -1.23. The van der Waals surface area contributed by atoms with Gasteiger partial charge in [0, 0.05) is 36.3 Å². The number of piperidine rings is 1. The number of benzene rings is 1. The number of nitrogens with one attached hydrogen (secondary N) is 1. The summed E-state index contributed by atoms with van der Waals surface area (Å²) in [5.74, 6) is -3.34. The average Bonchev–Trinajstić information content (AvgIpc) is 3.54. The topological polar surface area (TPSA) is 139 Å². The fourth-order valence-electron chi connectivity index (χ4n) is 5.04. The number of carbonyl (C=O) groups is 2. The standard InChI is InChI=1S/C27H26F2N6O5S/c1-13-15(4-5-16(28)19(13)29)21-18(26(38)40-3)20(32-23(33-21)24-30-8-11-41-24)14-6-9-35(10-7-14)27-31-12-17(39-2)22(34-27)25(36)37/h4-5,8,11-12,14,21H,6-7,9-10H2,1-3H3,(H,32,33)(H,36,37). The molecular formula is C27H26F2N6O5S. The molecule has 1 unspecified atom stereocenters. The Kier molecular flexibility index (Phi) is 7.92. The molecule has 41 heavy (non-hydrogen) atoms. The fraction of sp³-hybridized carbons (Fsp3) is 0.333. The number of nitrogens with zero attached hydrogens (tertiary/aromatic N) is 5. The van der Waals surface area contributed by atoms with Gasteiger partial charge in [0.05, 0.1) is 26.0 Å². The summed E-state index contributed by atoms with van der Waals surface area (Å²) in [5.41, 5.74) is 0.906. The molecular weight excluding hydrogens is 558 g/mol. The van der Waals surface area contributed by atoms with Crippen LogP contribution in [-0.4, -0.2) is 65.1 Å². The van der Waals surface area contributed by atoms with E-state index in [1.54, 1.807) is 11.6 Å². The molecule has 0 aliphatic carbocycles.